The van der Waals surface area contributed by atoms with Crippen molar-refractivity contribution in [3.05, 3.63) is 22.7 Å². The van der Waals surface area contributed by atoms with Crippen molar-refractivity contribution in [3.63, 3.8) is 0 Å². The topological polar surface area (TPSA) is 35.2 Å². The van der Waals surface area contributed by atoms with Crippen LogP contribution in [0.3, 0.4) is 0 Å². The van der Waals surface area contributed by atoms with Crippen molar-refractivity contribution < 1.29 is 17.9 Å². The molecule has 0 unspecified atom stereocenters. The van der Waals surface area contributed by atoms with Crippen LogP contribution in [-0.4, -0.2) is 6.36 Å². The maximum Gasteiger partial charge on any atom is 0.573 e. The molecule has 0 bridgehead atoms. The maximum absolute atomic E-state index is 12.0. The van der Waals surface area contributed by atoms with Gasteiger partial charge in [-0.2, -0.15) is 0 Å². The fourth-order valence-electron chi connectivity index (χ4n) is 1.01. The molecule has 0 saturated heterocycles. The van der Waals surface area contributed by atoms with Crippen molar-refractivity contribution in [2.24, 2.45) is 0 Å². The predicted molar refractivity (Wildman–Crippen MR) is 55.2 cm³/mol. The molecule has 0 atom stereocenters. The van der Waals surface area contributed by atoms with E-state index in [2.05, 4.69) is 20.7 Å². The highest BCUT2D eigenvalue weighted by Gasteiger charge is 2.33. The molecule has 0 radical (unpaired) electrons. The van der Waals surface area contributed by atoms with E-state index < -0.39 is 12.1 Å². The monoisotopic (exact) mass is 303 g/mol. The highest BCUT2D eigenvalue weighted by Crippen LogP contribution is 2.35. The fraction of sp³-hybridized carbons (Fsp3) is 0.250. The second-order valence-electron chi connectivity index (χ2n) is 2.66. The Labute approximate surface area is 97.3 Å². The molecule has 0 saturated carbocycles. The Morgan fingerprint density at radius 3 is 2.47 bits per heavy atom. The van der Waals surface area contributed by atoms with Crippen LogP contribution in [0, 0.1) is 0 Å². The van der Waals surface area contributed by atoms with Gasteiger partial charge in [0.05, 0.1) is 5.69 Å². The van der Waals surface area contributed by atoms with Crippen molar-refractivity contribution in [2.45, 2.75) is 11.7 Å². The lowest BCUT2D eigenvalue weighted by Crippen LogP contribution is -2.19. The van der Waals surface area contributed by atoms with Crippen molar-refractivity contribution in [3.8, 4) is 5.75 Å². The van der Waals surface area contributed by atoms with Crippen molar-refractivity contribution in [1.29, 1.82) is 0 Å². The Kier molecular flexibility index (Phi) is 3.72. The van der Waals surface area contributed by atoms with E-state index in [0.717, 1.165) is 0 Å². The third kappa shape index (κ3) is 3.46. The average molecular weight is 304 g/mol. The van der Waals surface area contributed by atoms with Gasteiger partial charge >= 0.3 is 6.36 Å². The molecule has 2 nitrogen and oxygen atoms in total. The highest BCUT2D eigenvalue weighted by molar-refractivity contribution is 9.08. The van der Waals surface area contributed by atoms with Crippen molar-refractivity contribution >= 4 is 33.2 Å². The van der Waals surface area contributed by atoms with Gasteiger partial charge in [0.2, 0.25) is 0 Å². The highest BCUT2D eigenvalue weighted by atomic mass is 79.9. The summed E-state index contributed by atoms with van der Waals surface area (Å²) < 4.78 is 39.8. The Morgan fingerprint density at radius 2 is 2.00 bits per heavy atom. The van der Waals surface area contributed by atoms with Gasteiger partial charge in [0.25, 0.3) is 0 Å². The lowest BCUT2D eigenvalue weighted by Gasteiger charge is -2.14. The van der Waals surface area contributed by atoms with Crippen molar-refractivity contribution in [2.75, 3.05) is 5.73 Å². The number of hydrogen-bond acceptors (Lipinski definition) is 2. The largest absolute Gasteiger partial charge is 0.573 e. The zero-order valence-electron chi connectivity index (χ0n) is 7.24. The van der Waals surface area contributed by atoms with Crippen LogP contribution in [0.1, 0.15) is 5.56 Å². The van der Waals surface area contributed by atoms with Crippen LogP contribution < -0.4 is 10.5 Å². The second kappa shape index (κ2) is 4.49. The summed E-state index contributed by atoms with van der Waals surface area (Å²) in [6.07, 6.45) is -4.77. The van der Waals surface area contributed by atoms with E-state index in [0.29, 0.717) is 0 Å². The minimum absolute atomic E-state index is 0.144. The van der Waals surface area contributed by atoms with E-state index in [-0.39, 0.29) is 21.6 Å². The number of hydrogen-bond donors (Lipinski definition) is 1. The SMILES string of the molecule is Nc1cc(Cl)cc(CBr)c1OC(F)(F)F. The minimum Gasteiger partial charge on any atom is -0.403 e. The van der Waals surface area contributed by atoms with Gasteiger partial charge < -0.3 is 10.5 Å². The van der Waals surface area contributed by atoms with Gasteiger partial charge in [-0.05, 0) is 12.1 Å². The summed E-state index contributed by atoms with van der Waals surface area (Å²) >= 11 is 8.66. The number of nitrogen functional groups attached to an aromatic ring is 1. The molecule has 2 N–H and O–H groups in total. The summed E-state index contributed by atoms with van der Waals surface area (Å²) in [5, 5.41) is 0.430. The smallest absolute Gasteiger partial charge is 0.403 e. The molecule has 84 valence electrons. The fourth-order valence-corrected chi connectivity index (χ4v) is 1.68. The van der Waals surface area contributed by atoms with E-state index in [1.54, 1.807) is 0 Å². The van der Waals surface area contributed by atoms with Crippen LogP contribution in [0.4, 0.5) is 18.9 Å². The average Bonchev–Trinajstić information content (AvgIpc) is 2.07. The van der Waals surface area contributed by atoms with E-state index in [1.807, 2.05) is 0 Å². The predicted octanol–water partition coefficient (Wildman–Crippen LogP) is 3.72. The first kappa shape index (κ1) is 12.4. The third-order valence-corrected chi connectivity index (χ3v) is 2.34. The first-order valence-electron chi connectivity index (χ1n) is 3.73. The molecule has 0 aromatic heterocycles. The van der Waals surface area contributed by atoms with E-state index in [9.17, 15) is 13.2 Å². The van der Waals surface area contributed by atoms with Gasteiger partial charge in [-0.3, -0.25) is 0 Å². The van der Waals surface area contributed by atoms with Gasteiger partial charge in [-0.25, -0.2) is 0 Å². The molecule has 0 aliphatic rings. The molecular formula is C8H6BrClF3NO. The lowest BCUT2D eigenvalue weighted by atomic mass is 10.2. The summed E-state index contributed by atoms with van der Waals surface area (Å²) in [5.74, 6) is -0.413. The van der Waals surface area contributed by atoms with Crippen LogP contribution in [0.5, 0.6) is 5.75 Å². The van der Waals surface area contributed by atoms with Crippen LogP contribution in [0.2, 0.25) is 5.02 Å². The second-order valence-corrected chi connectivity index (χ2v) is 3.66. The normalized spacial score (nSPS) is 11.5. The third-order valence-electron chi connectivity index (χ3n) is 1.52. The molecule has 0 fully saturated rings. The molecule has 0 heterocycles. The number of anilines is 1. The maximum atomic E-state index is 12.0. The quantitative estimate of drug-likeness (QED) is 0.667. The molecule has 1 aromatic carbocycles. The van der Waals surface area contributed by atoms with E-state index in [4.69, 9.17) is 17.3 Å². The summed E-state index contributed by atoms with van der Waals surface area (Å²) in [6.45, 7) is 0. The van der Waals surface area contributed by atoms with Crippen LogP contribution in [0.25, 0.3) is 0 Å². The number of rotatable bonds is 2. The van der Waals surface area contributed by atoms with E-state index >= 15 is 0 Å². The van der Waals surface area contributed by atoms with Gasteiger partial charge in [-0.15, -0.1) is 13.2 Å². The van der Waals surface area contributed by atoms with Crippen molar-refractivity contribution in [1.82, 2.24) is 0 Å². The van der Waals surface area contributed by atoms with Gasteiger partial charge in [0.15, 0.2) is 5.75 Å². The number of halogens is 5. The molecule has 7 heteroatoms. The van der Waals surface area contributed by atoms with Gasteiger partial charge in [-0.1, -0.05) is 27.5 Å². The summed E-state index contributed by atoms with van der Waals surface area (Å²) in [4.78, 5) is 0. The molecule has 1 rings (SSSR count). The zero-order valence-corrected chi connectivity index (χ0v) is 9.58. The molecular weight excluding hydrogens is 298 g/mol. The number of alkyl halides is 4. The van der Waals surface area contributed by atoms with Crippen LogP contribution in [0.15, 0.2) is 12.1 Å². The number of benzene rings is 1. The Morgan fingerprint density at radius 1 is 1.40 bits per heavy atom. The molecule has 0 amide bonds. The van der Waals surface area contributed by atoms with E-state index in [1.165, 1.54) is 12.1 Å². The summed E-state index contributed by atoms with van der Waals surface area (Å²) in [7, 11) is 0. The van der Waals surface area contributed by atoms with Gasteiger partial charge in [0, 0.05) is 15.9 Å². The molecule has 0 aliphatic carbocycles. The van der Waals surface area contributed by atoms with Crippen LogP contribution >= 0.6 is 27.5 Å². The Balaban J connectivity index is 3.15. The Hall–Kier alpha value is -0.620. The number of ether oxygens (including phenoxy) is 1. The lowest BCUT2D eigenvalue weighted by molar-refractivity contribution is -0.274. The van der Waals surface area contributed by atoms with Gasteiger partial charge in [0.1, 0.15) is 0 Å². The first-order chi connectivity index (χ1) is 6.83. The Bertz CT molecular complexity index is 370. The van der Waals surface area contributed by atoms with Crippen LogP contribution in [-0.2, 0) is 5.33 Å². The minimum atomic E-state index is -4.77. The molecule has 1 aromatic rings. The number of nitrogens with two attached hydrogens (primary N) is 1. The standard InChI is InChI=1S/C8H6BrClF3NO/c9-3-4-1-5(10)2-6(14)7(4)15-8(11,12)13/h1-2H,3,14H2. The zero-order chi connectivity index (χ0) is 11.6. The summed E-state index contributed by atoms with van der Waals surface area (Å²) in [6, 6.07) is 2.56. The first-order valence-corrected chi connectivity index (χ1v) is 5.23. The molecule has 0 aliphatic heterocycles. The summed E-state index contributed by atoms with van der Waals surface area (Å²) in [5.41, 5.74) is 5.48. The molecule has 0 spiro atoms. The molecule has 15 heavy (non-hydrogen) atoms.